The van der Waals surface area contributed by atoms with Gasteiger partial charge in [0.2, 0.25) is 6.34 Å². The number of benzene rings is 1. The molecule has 1 aromatic carbocycles. The zero-order valence-electron chi connectivity index (χ0n) is 10.8. The number of carbonyl (C=O) groups excluding carboxylic acids is 1. The predicted molar refractivity (Wildman–Crippen MR) is 74.0 cm³/mol. The lowest BCUT2D eigenvalue weighted by Gasteiger charge is -2.30. The molecule has 1 aromatic rings. The summed E-state index contributed by atoms with van der Waals surface area (Å²) in [6, 6.07) is 7.51. The molecule has 5 heteroatoms. The van der Waals surface area contributed by atoms with E-state index in [4.69, 9.17) is 5.26 Å². The fraction of sp³-hybridized carbons (Fsp3) is 0.267. The highest BCUT2D eigenvalue weighted by molar-refractivity contribution is 6.08. The number of amides is 1. The van der Waals surface area contributed by atoms with Crippen LogP contribution in [0.15, 0.2) is 35.1 Å². The highest BCUT2D eigenvalue weighted by Crippen LogP contribution is 2.47. The van der Waals surface area contributed by atoms with Crippen LogP contribution < -0.4 is 10.2 Å². The van der Waals surface area contributed by atoms with Crippen molar-refractivity contribution in [3.8, 4) is 6.07 Å². The largest absolute Gasteiger partial charge is 0.320 e. The third-order valence-electron chi connectivity index (χ3n) is 4.32. The Morgan fingerprint density at radius 2 is 2.35 bits per heavy atom. The van der Waals surface area contributed by atoms with E-state index in [1.54, 1.807) is 18.5 Å². The van der Waals surface area contributed by atoms with Crippen molar-refractivity contribution >= 4 is 17.9 Å². The second-order valence-corrected chi connectivity index (χ2v) is 5.30. The summed E-state index contributed by atoms with van der Waals surface area (Å²) in [7, 11) is 0. The zero-order chi connectivity index (χ0) is 13.7. The summed E-state index contributed by atoms with van der Waals surface area (Å²) in [5.74, 6) is -0.0264. The Balaban J connectivity index is 1.92. The maximum absolute atomic E-state index is 12.6. The van der Waals surface area contributed by atoms with E-state index >= 15 is 0 Å². The molecule has 1 spiro atoms. The molecule has 1 atom stereocenters. The number of anilines is 1. The van der Waals surface area contributed by atoms with Crippen LogP contribution in [0.2, 0.25) is 0 Å². The molecule has 5 nitrogen and oxygen atoms in total. The molecule has 3 aliphatic rings. The van der Waals surface area contributed by atoms with Crippen LogP contribution in [0.4, 0.5) is 5.69 Å². The Hall–Kier alpha value is -2.45. The maximum atomic E-state index is 12.6. The van der Waals surface area contributed by atoms with Gasteiger partial charge in [-0.15, -0.1) is 0 Å². The lowest BCUT2D eigenvalue weighted by Crippen LogP contribution is -2.54. The monoisotopic (exact) mass is 264 g/mol. The first-order valence-electron chi connectivity index (χ1n) is 6.63. The Labute approximate surface area is 116 Å². The minimum atomic E-state index is -0.687. The number of fused-ring (bicyclic) bond motifs is 4. The number of piperidine rings is 1. The quantitative estimate of drug-likeness (QED) is 0.727. The van der Waals surface area contributed by atoms with Crippen molar-refractivity contribution < 1.29 is 4.79 Å². The summed E-state index contributed by atoms with van der Waals surface area (Å²) < 4.78 is 0. The lowest BCUT2D eigenvalue weighted by atomic mass is 9.80. The van der Waals surface area contributed by atoms with Crippen molar-refractivity contribution in [2.24, 2.45) is 4.99 Å². The van der Waals surface area contributed by atoms with Gasteiger partial charge in [-0.3, -0.25) is 4.79 Å². The molecule has 1 N–H and O–H groups in total. The molecule has 0 bridgehead atoms. The van der Waals surface area contributed by atoms with Crippen molar-refractivity contribution in [1.29, 1.82) is 5.26 Å². The van der Waals surface area contributed by atoms with Crippen LogP contribution in [0.25, 0.3) is 0 Å². The first-order valence-corrected chi connectivity index (χ1v) is 6.63. The lowest BCUT2D eigenvalue weighted by molar-refractivity contribution is -0.123. The number of hydrogen-bond donors (Lipinski definition) is 1. The smallest absolute Gasteiger partial charge is 0.296 e. The Bertz CT molecular complexity index is 728. The van der Waals surface area contributed by atoms with Gasteiger partial charge in [0.1, 0.15) is 0 Å². The average Bonchev–Trinajstić information content (AvgIpc) is 3.04. The molecule has 0 aliphatic carbocycles. The molecule has 97 valence electrons. The fourth-order valence-corrected chi connectivity index (χ4v) is 3.41. The number of nitriles is 1. The SMILES string of the molecule is N#Cc1ccc2c(c1)NC(=O)C21CCCC2=CN=C[N+]21. The average molecular weight is 264 g/mol. The first-order chi connectivity index (χ1) is 9.75. The summed E-state index contributed by atoms with van der Waals surface area (Å²) >= 11 is 0. The second-order valence-electron chi connectivity index (χ2n) is 5.30. The van der Waals surface area contributed by atoms with Crippen LogP contribution in [0.3, 0.4) is 0 Å². The van der Waals surface area contributed by atoms with Gasteiger partial charge in [-0.2, -0.15) is 5.26 Å². The highest BCUT2D eigenvalue weighted by Gasteiger charge is 2.62. The molecule has 3 heterocycles. The Kier molecular flexibility index (Phi) is 2.15. The van der Waals surface area contributed by atoms with Gasteiger partial charge in [0.25, 0.3) is 11.4 Å². The van der Waals surface area contributed by atoms with Gasteiger partial charge in [-0.1, -0.05) is 4.90 Å². The van der Waals surface area contributed by atoms with E-state index in [2.05, 4.69) is 16.4 Å². The molecule has 0 saturated carbocycles. The van der Waals surface area contributed by atoms with Crippen LogP contribution in [-0.2, 0) is 10.3 Å². The second kappa shape index (κ2) is 3.78. The number of aliphatic imine (C=N–C) groups is 1. The van der Waals surface area contributed by atoms with E-state index in [1.807, 2.05) is 17.2 Å². The van der Waals surface area contributed by atoms with E-state index in [0.717, 1.165) is 36.2 Å². The fourth-order valence-electron chi connectivity index (χ4n) is 3.41. The molecule has 1 amide bonds. The summed E-state index contributed by atoms with van der Waals surface area (Å²) in [5.41, 5.74) is 2.65. The predicted octanol–water partition coefficient (Wildman–Crippen LogP) is 1.91. The van der Waals surface area contributed by atoms with Gasteiger partial charge in [0.15, 0.2) is 5.70 Å². The molecule has 1 unspecified atom stereocenters. The minimum Gasteiger partial charge on any atom is -0.320 e. The van der Waals surface area contributed by atoms with Gasteiger partial charge in [-0.05, 0) is 24.6 Å². The van der Waals surface area contributed by atoms with E-state index in [1.165, 1.54) is 0 Å². The molecule has 20 heavy (non-hydrogen) atoms. The summed E-state index contributed by atoms with van der Waals surface area (Å²) in [6.45, 7) is 0. The van der Waals surface area contributed by atoms with Crippen LogP contribution in [-0.4, -0.2) is 12.2 Å². The van der Waals surface area contributed by atoms with Crippen LogP contribution in [0.1, 0.15) is 30.4 Å². The highest BCUT2D eigenvalue weighted by atomic mass is 16.2. The number of nitrogens with one attached hydrogen (secondary N) is 1. The van der Waals surface area contributed by atoms with Gasteiger partial charge in [0, 0.05) is 12.8 Å². The van der Waals surface area contributed by atoms with Crippen molar-refractivity contribution in [3.05, 3.63) is 41.2 Å². The number of hydrogen-bond acceptors (Lipinski definition) is 4. The van der Waals surface area contributed by atoms with Crippen molar-refractivity contribution in [1.82, 2.24) is 4.90 Å². The molecular weight excluding hydrogens is 252 g/mol. The number of carbonyl (C=O) groups is 1. The van der Waals surface area contributed by atoms with E-state index in [-0.39, 0.29) is 5.91 Å². The van der Waals surface area contributed by atoms with Crippen LogP contribution in [0, 0.1) is 11.3 Å². The van der Waals surface area contributed by atoms with E-state index in [0.29, 0.717) is 5.56 Å². The summed E-state index contributed by atoms with van der Waals surface area (Å²) in [4.78, 5) is 18.8. The van der Waals surface area contributed by atoms with E-state index in [9.17, 15) is 4.79 Å². The van der Waals surface area contributed by atoms with Crippen LogP contribution >= 0.6 is 0 Å². The molecule has 1 fully saturated rings. The number of allylic oxidation sites excluding steroid dienone is 1. The molecule has 0 aromatic heterocycles. The van der Waals surface area contributed by atoms with Gasteiger partial charge < -0.3 is 5.32 Å². The zero-order valence-corrected chi connectivity index (χ0v) is 10.8. The first kappa shape index (κ1) is 11.4. The third-order valence-corrected chi connectivity index (χ3v) is 4.32. The Morgan fingerprint density at radius 3 is 3.20 bits per heavy atom. The van der Waals surface area contributed by atoms with Gasteiger partial charge in [0.05, 0.1) is 29.1 Å². The van der Waals surface area contributed by atoms with Crippen LogP contribution in [0.5, 0.6) is 0 Å². The summed E-state index contributed by atoms with van der Waals surface area (Å²) in [6.07, 6.45) is 6.23. The standard InChI is InChI=1S/C15H12N4O/c16-7-10-3-4-12-13(6-10)18-14(20)15(12)5-1-2-11-8-17-9-19(11)15/h3-4,6,8-9H,1-2,5H2,(H,18,20)/q+1. The summed E-state index contributed by atoms with van der Waals surface area (Å²) in [5, 5.41) is 11.9. The molecule has 1 saturated heterocycles. The van der Waals surface area contributed by atoms with Gasteiger partial charge >= 0.3 is 0 Å². The van der Waals surface area contributed by atoms with Gasteiger partial charge in [-0.25, -0.2) is 4.99 Å². The minimum absolute atomic E-state index is 0.0264. The molecule has 4 rings (SSSR count). The van der Waals surface area contributed by atoms with Crippen molar-refractivity contribution in [3.63, 3.8) is 0 Å². The van der Waals surface area contributed by atoms with Crippen molar-refractivity contribution in [2.45, 2.75) is 24.8 Å². The topological polar surface area (TPSA) is 71.2 Å². The number of nitrogens with zero attached hydrogens (tertiary/aromatic N) is 3. The Morgan fingerprint density at radius 1 is 1.45 bits per heavy atom. The molecular formula is C15H12N4O+. The van der Waals surface area contributed by atoms with E-state index < -0.39 is 5.54 Å². The number of rotatable bonds is 0. The normalized spacial score (nSPS) is 26.9. The maximum Gasteiger partial charge on any atom is 0.296 e. The third kappa shape index (κ3) is 1.24. The van der Waals surface area contributed by atoms with Crippen molar-refractivity contribution in [2.75, 3.05) is 5.32 Å². The molecule has 1 radical (unpaired) electrons. The molecule has 3 aliphatic heterocycles.